The Morgan fingerprint density at radius 1 is 1.20 bits per heavy atom. The molecule has 0 fully saturated rings. The zero-order chi connectivity index (χ0) is 11.3. The minimum atomic E-state index is -0.808. The highest BCUT2D eigenvalue weighted by molar-refractivity contribution is 6.20. The lowest BCUT2D eigenvalue weighted by atomic mass is 10.2. The van der Waals surface area contributed by atoms with Crippen LogP contribution in [0.25, 0.3) is 0 Å². The van der Waals surface area contributed by atoms with Crippen molar-refractivity contribution in [1.29, 1.82) is 0 Å². The zero-order valence-electron chi connectivity index (χ0n) is 8.64. The summed E-state index contributed by atoms with van der Waals surface area (Å²) in [7, 11) is 0. The second-order valence-corrected chi connectivity index (χ2v) is 3.66. The van der Waals surface area contributed by atoms with Crippen LogP contribution in [0.2, 0.25) is 0 Å². The first-order valence-corrected chi connectivity index (χ1v) is 5.09. The van der Waals surface area contributed by atoms with E-state index in [0.717, 1.165) is 5.56 Å². The fraction of sp³-hybridized carbons (Fsp3) is 0.364. The minimum absolute atomic E-state index is 0.211. The molecule has 4 heteroatoms. The molecule has 1 atom stereocenters. The van der Waals surface area contributed by atoms with Crippen LogP contribution in [0.15, 0.2) is 30.3 Å². The average Bonchev–Trinajstić information content (AvgIpc) is 2.17. The van der Waals surface area contributed by atoms with Crippen LogP contribution >= 0.6 is 11.6 Å². The van der Waals surface area contributed by atoms with Gasteiger partial charge in [-0.25, -0.2) is 4.79 Å². The fourth-order valence-corrected chi connectivity index (χ4v) is 1.20. The molecule has 1 rings (SSSR count). The van der Waals surface area contributed by atoms with Gasteiger partial charge in [0, 0.05) is 5.56 Å². The normalized spacial score (nSPS) is 12.3. The molecule has 0 aliphatic rings. The largest absolute Gasteiger partial charge is 0.510 e. The first kappa shape index (κ1) is 11.9. The SMILES string of the molecule is CC(C)OC(=O)OC(Cl)c1ccccc1. The summed E-state index contributed by atoms with van der Waals surface area (Å²) in [6, 6.07) is 9.06. The van der Waals surface area contributed by atoms with Gasteiger partial charge in [-0.1, -0.05) is 41.9 Å². The highest BCUT2D eigenvalue weighted by Crippen LogP contribution is 2.21. The Balaban J connectivity index is 2.49. The Kier molecular flexibility index (Phi) is 4.43. The van der Waals surface area contributed by atoms with E-state index in [1.165, 1.54) is 0 Å². The molecule has 0 heterocycles. The van der Waals surface area contributed by atoms with E-state index < -0.39 is 11.7 Å². The van der Waals surface area contributed by atoms with Gasteiger partial charge in [-0.3, -0.25) is 0 Å². The second kappa shape index (κ2) is 5.61. The highest BCUT2D eigenvalue weighted by Gasteiger charge is 2.15. The van der Waals surface area contributed by atoms with Crippen LogP contribution in [0.1, 0.15) is 25.0 Å². The van der Waals surface area contributed by atoms with Crippen LogP contribution in [-0.2, 0) is 9.47 Å². The summed E-state index contributed by atoms with van der Waals surface area (Å²) in [5, 5.41) is 0. The van der Waals surface area contributed by atoms with E-state index in [4.69, 9.17) is 21.1 Å². The number of carbonyl (C=O) groups is 1. The Morgan fingerprint density at radius 3 is 2.33 bits per heavy atom. The predicted molar refractivity (Wildman–Crippen MR) is 57.7 cm³/mol. The first-order chi connectivity index (χ1) is 7.09. The third kappa shape index (κ3) is 4.21. The quantitative estimate of drug-likeness (QED) is 0.587. The number of benzene rings is 1. The molecule has 0 aromatic heterocycles. The Bertz CT molecular complexity index is 311. The standard InChI is InChI=1S/C11H13ClO3/c1-8(2)14-11(13)15-10(12)9-6-4-3-5-7-9/h3-8,10H,1-2H3. The van der Waals surface area contributed by atoms with E-state index in [1.807, 2.05) is 18.2 Å². The van der Waals surface area contributed by atoms with Gasteiger partial charge in [0.1, 0.15) is 0 Å². The van der Waals surface area contributed by atoms with E-state index in [1.54, 1.807) is 26.0 Å². The molecule has 3 nitrogen and oxygen atoms in total. The minimum Gasteiger partial charge on any atom is -0.432 e. The van der Waals surface area contributed by atoms with Crippen LogP contribution in [0.3, 0.4) is 0 Å². The van der Waals surface area contributed by atoms with Crippen molar-refractivity contribution in [1.82, 2.24) is 0 Å². The predicted octanol–water partition coefficient (Wildman–Crippen LogP) is 3.49. The third-order valence-corrected chi connectivity index (χ3v) is 1.93. The van der Waals surface area contributed by atoms with E-state index in [0.29, 0.717) is 0 Å². The van der Waals surface area contributed by atoms with Gasteiger partial charge in [0.05, 0.1) is 6.10 Å². The molecule has 0 radical (unpaired) electrons. The van der Waals surface area contributed by atoms with Crippen molar-refractivity contribution in [2.24, 2.45) is 0 Å². The summed E-state index contributed by atoms with van der Waals surface area (Å²) in [6.45, 7) is 3.49. The van der Waals surface area contributed by atoms with Gasteiger partial charge in [-0.15, -0.1) is 0 Å². The average molecular weight is 229 g/mol. The number of hydrogen-bond acceptors (Lipinski definition) is 3. The molecule has 0 N–H and O–H groups in total. The van der Waals surface area contributed by atoms with Gasteiger partial charge in [-0.05, 0) is 13.8 Å². The van der Waals surface area contributed by atoms with Gasteiger partial charge in [0.15, 0.2) is 0 Å². The Labute approximate surface area is 93.9 Å². The van der Waals surface area contributed by atoms with Gasteiger partial charge in [0.25, 0.3) is 0 Å². The monoisotopic (exact) mass is 228 g/mol. The van der Waals surface area contributed by atoms with Crippen LogP contribution < -0.4 is 0 Å². The van der Waals surface area contributed by atoms with Gasteiger partial charge >= 0.3 is 6.16 Å². The van der Waals surface area contributed by atoms with E-state index in [-0.39, 0.29) is 6.10 Å². The van der Waals surface area contributed by atoms with Crippen molar-refractivity contribution in [2.45, 2.75) is 25.5 Å². The molecular weight excluding hydrogens is 216 g/mol. The summed E-state index contributed by atoms with van der Waals surface area (Å²) < 4.78 is 9.65. The topological polar surface area (TPSA) is 35.5 Å². The van der Waals surface area contributed by atoms with Crippen LogP contribution in [0.5, 0.6) is 0 Å². The summed E-state index contributed by atoms with van der Waals surface area (Å²) in [5.74, 6) is 0. The molecule has 82 valence electrons. The Morgan fingerprint density at radius 2 is 1.80 bits per heavy atom. The van der Waals surface area contributed by atoms with Crippen molar-refractivity contribution in [3.05, 3.63) is 35.9 Å². The molecular formula is C11H13ClO3. The van der Waals surface area contributed by atoms with Crippen molar-refractivity contribution < 1.29 is 14.3 Å². The fourth-order valence-electron chi connectivity index (χ4n) is 0.977. The van der Waals surface area contributed by atoms with Crippen molar-refractivity contribution >= 4 is 17.8 Å². The second-order valence-electron chi connectivity index (χ2n) is 3.26. The molecule has 0 aliphatic carbocycles. The number of alkyl halides is 1. The molecule has 0 saturated heterocycles. The lowest BCUT2D eigenvalue weighted by Gasteiger charge is -2.12. The molecule has 0 aliphatic heterocycles. The number of halogens is 1. The van der Waals surface area contributed by atoms with Crippen LogP contribution in [0.4, 0.5) is 4.79 Å². The maximum Gasteiger partial charge on any atom is 0.510 e. The highest BCUT2D eigenvalue weighted by atomic mass is 35.5. The smallest absolute Gasteiger partial charge is 0.432 e. The number of carbonyl (C=O) groups excluding carboxylic acids is 1. The van der Waals surface area contributed by atoms with E-state index in [2.05, 4.69) is 0 Å². The van der Waals surface area contributed by atoms with Crippen LogP contribution in [-0.4, -0.2) is 12.3 Å². The van der Waals surface area contributed by atoms with Gasteiger partial charge < -0.3 is 9.47 Å². The molecule has 15 heavy (non-hydrogen) atoms. The lowest BCUT2D eigenvalue weighted by Crippen LogP contribution is -2.14. The lowest BCUT2D eigenvalue weighted by molar-refractivity contribution is 0.0260. The summed E-state index contributed by atoms with van der Waals surface area (Å²) in [6.07, 6.45) is -0.967. The molecule has 0 amide bonds. The number of ether oxygens (including phenoxy) is 2. The molecule has 1 unspecified atom stereocenters. The van der Waals surface area contributed by atoms with Crippen LogP contribution in [0, 0.1) is 0 Å². The number of hydrogen-bond donors (Lipinski definition) is 0. The molecule has 0 saturated carbocycles. The summed E-state index contributed by atoms with van der Waals surface area (Å²) in [5.41, 5.74) is -0.0858. The molecule has 1 aromatic rings. The summed E-state index contributed by atoms with van der Waals surface area (Å²) >= 11 is 5.86. The van der Waals surface area contributed by atoms with Crippen molar-refractivity contribution in [2.75, 3.05) is 0 Å². The zero-order valence-corrected chi connectivity index (χ0v) is 9.40. The van der Waals surface area contributed by atoms with E-state index in [9.17, 15) is 4.79 Å². The van der Waals surface area contributed by atoms with Gasteiger partial charge in [-0.2, -0.15) is 0 Å². The van der Waals surface area contributed by atoms with E-state index >= 15 is 0 Å². The van der Waals surface area contributed by atoms with Crippen molar-refractivity contribution in [3.63, 3.8) is 0 Å². The molecule has 0 spiro atoms. The van der Waals surface area contributed by atoms with Gasteiger partial charge in [0.2, 0.25) is 5.56 Å². The molecule has 1 aromatic carbocycles. The third-order valence-electron chi connectivity index (χ3n) is 1.59. The maximum atomic E-state index is 11.1. The maximum absolute atomic E-state index is 11.1. The van der Waals surface area contributed by atoms with Crippen molar-refractivity contribution in [3.8, 4) is 0 Å². The molecule has 0 bridgehead atoms. The Hall–Kier alpha value is -1.22. The number of rotatable bonds is 3. The summed E-state index contributed by atoms with van der Waals surface area (Å²) in [4.78, 5) is 11.1. The first-order valence-electron chi connectivity index (χ1n) is 4.66.